The average Bonchev–Trinajstić information content (AvgIpc) is 2.61. The fraction of sp³-hybridized carbons (Fsp3) is 0.421. The highest BCUT2D eigenvalue weighted by atomic mass is 15.3. The maximum atomic E-state index is 4.59. The monoisotopic (exact) mass is 310 g/mol. The van der Waals surface area contributed by atoms with Crippen LogP contribution in [0, 0.1) is 6.92 Å². The molecule has 0 amide bonds. The van der Waals surface area contributed by atoms with Gasteiger partial charge in [0.1, 0.15) is 5.82 Å². The number of para-hydroxylation sites is 1. The van der Waals surface area contributed by atoms with Gasteiger partial charge in [0.05, 0.1) is 0 Å². The Kier molecular flexibility index (Phi) is 5.13. The van der Waals surface area contributed by atoms with Gasteiger partial charge in [-0.15, -0.1) is 0 Å². The van der Waals surface area contributed by atoms with Crippen LogP contribution in [0.2, 0.25) is 0 Å². The van der Waals surface area contributed by atoms with Crippen molar-refractivity contribution in [2.75, 3.05) is 56.1 Å². The zero-order valence-electron chi connectivity index (χ0n) is 14.2. The number of pyridine rings is 1. The van der Waals surface area contributed by atoms with Crippen molar-refractivity contribution in [3.8, 4) is 0 Å². The first-order valence-corrected chi connectivity index (χ1v) is 8.39. The largest absolute Gasteiger partial charge is 0.369 e. The van der Waals surface area contributed by atoms with Crippen LogP contribution in [-0.2, 0) is 0 Å². The van der Waals surface area contributed by atoms with Crippen molar-refractivity contribution in [2.24, 2.45) is 0 Å². The maximum absolute atomic E-state index is 4.59. The molecule has 1 saturated heterocycles. The number of hydrogen-bond acceptors (Lipinski definition) is 4. The molecule has 0 radical (unpaired) electrons. The molecule has 0 aliphatic carbocycles. The topological polar surface area (TPSA) is 22.6 Å². The molecule has 1 aromatic carbocycles. The summed E-state index contributed by atoms with van der Waals surface area (Å²) in [5.41, 5.74) is 2.42. The van der Waals surface area contributed by atoms with Crippen LogP contribution in [0.4, 0.5) is 11.5 Å². The highest BCUT2D eigenvalue weighted by Crippen LogP contribution is 2.15. The molecule has 23 heavy (non-hydrogen) atoms. The third-order valence-electron chi connectivity index (χ3n) is 4.51. The van der Waals surface area contributed by atoms with Crippen molar-refractivity contribution in [1.82, 2.24) is 9.88 Å². The molecule has 1 fully saturated rings. The lowest BCUT2D eigenvalue weighted by molar-refractivity contribution is 0.263. The van der Waals surface area contributed by atoms with E-state index in [1.54, 1.807) is 0 Å². The van der Waals surface area contributed by atoms with Gasteiger partial charge in [0.2, 0.25) is 0 Å². The Hall–Kier alpha value is -2.07. The summed E-state index contributed by atoms with van der Waals surface area (Å²) in [6.45, 7) is 8.62. The summed E-state index contributed by atoms with van der Waals surface area (Å²) in [5, 5.41) is 0. The smallest absolute Gasteiger partial charge is 0.128 e. The van der Waals surface area contributed by atoms with Crippen LogP contribution in [0.1, 0.15) is 5.69 Å². The highest BCUT2D eigenvalue weighted by Gasteiger charge is 2.17. The van der Waals surface area contributed by atoms with E-state index in [0.29, 0.717) is 0 Å². The minimum absolute atomic E-state index is 1.02. The zero-order valence-corrected chi connectivity index (χ0v) is 14.2. The van der Waals surface area contributed by atoms with Crippen LogP contribution < -0.4 is 9.80 Å². The molecular weight excluding hydrogens is 284 g/mol. The van der Waals surface area contributed by atoms with Crippen LogP contribution >= 0.6 is 0 Å². The first kappa shape index (κ1) is 15.8. The average molecular weight is 310 g/mol. The molecule has 0 saturated carbocycles. The molecule has 0 atom stereocenters. The van der Waals surface area contributed by atoms with Gasteiger partial charge in [-0.1, -0.05) is 24.3 Å². The molecule has 4 heteroatoms. The van der Waals surface area contributed by atoms with Gasteiger partial charge >= 0.3 is 0 Å². The number of rotatable bonds is 5. The Morgan fingerprint density at radius 3 is 2.39 bits per heavy atom. The summed E-state index contributed by atoms with van der Waals surface area (Å²) in [7, 11) is 2.13. The second kappa shape index (κ2) is 7.47. The maximum Gasteiger partial charge on any atom is 0.128 e. The Bertz CT molecular complexity index is 606. The number of likely N-dealkylation sites (N-methyl/N-ethyl adjacent to an activating group) is 1. The van der Waals surface area contributed by atoms with Gasteiger partial charge in [0, 0.05) is 57.7 Å². The minimum atomic E-state index is 1.02. The van der Waals surface area contributed by atoms with E-state index in [1.807, 2.05) is 13.0 Å². The summed E-state index contributed by atoms with van der Waals surface area (Å²) in [4.78, 5) is 11.9. The van der Waals surface area contributed by atoms with Crippen molar-refractivity contribution >= 4 is 11.5 Å². The summed E-state index contributed by atoms with van der Waals surface area (Å²) < 4.78 is 0. The van der Waals surface area contributed by atoms with Crippen LogP contribution in [0.5, 0.6) is 0 Å². The molecule has 0 spiro atoms. The van der Waals surface area contributed by atoms with Crippen LogP contribution in [0.3, 0.4) is 0 Å². The lowest BCUT2D eigenvalue weighted by Crippen LogP contribution is -2.48. The molecule has 1 aliphatic rings. The Morgan fingerprint density at radius 2 is 1.70 bits per heavy atom. The second-order valence-electron chi connectivity index (χ2n) is 6.22. The van der Waals surface area contributed by atoms with E-state index in [-0.39, 0.29) is 0 Å². The van der Waals surface area contributed by atoms with E-state index in [4.69, 9.17) is 0 Å². The molecule has 2 heterocycles. The fourth-order valence-corrected chi connectivity index (χ4v) is 3.02. The number of piperazine rings is 1. The third-order valence-corrected chi connectivity index (χ3v) is 4.51. The Balaban J connectivity index is 1.46. The summed E-state index contributed by atoms with van der Waals surface area (Å²) in [6.07, 6.45) is 0. The number of nitrogens with zero attached hydrogens (tertiary/aromatic N) is 4. The first-order valence-electron chi connectivity index (χ1n) is 8.39. The molecular formula is C19H26N4. The molecule has 1 aromatic heterocycles. The predicted octanol–water partition coefficient (Wildman–Crippen LogP) is 2.65. The van der Waals surface area contributed by atoms with E-state index in [0.717, 1.165) is 50.8 Å². The molecule has 1 aliphatic heterocycles. The minimum Gasteiger partial charge on any atom is -0.369 e. The van der Waals surface area contributed by atoms with E-state index < -0.39 is 0 Å². The van der Waals surface area contributed by atoms with Gasteiger partial charge in [0.15, 0.2) is 0 Å². The molecule has 3 rings (SSSR count). The molecule has 122 valence electrons. The van der Waals surface area contributed by atoms with Gasteiger partial charge < -0.3 is 9.80 Å². The summed E-state index contributed by atoms with van der Waals surface area (Å²) in [6, 6.07) is 16.9. The SMILES string of the molecule is Cc1cccc(N(C)CCN2CCN(c3ccccc3)CC2)n1. The van der Waals surface area contributed by atoms with Crippen molar-refractivity contribution in [3.63, 3.8) is 0 Å². The highest BCUT2D eigenvalue weighted by molar-refractivity contribution is 5.46. The number of anilines is 2. The van der Waals surface area contributed by atoms with Crippen LogP contribution in [-0.4, -0.2) is 56.2 Å². The lowest BCUT2D eigenvalue weighted by atomic mass is 10.2. The van der Waals surface area contributed by atoms with Crippen molar-refractivity contribution in [2.45, 2.75) is 6.92 Å². The van der Waals surface area contributed by atoms with Crippen LogP contribution in [0.15, 0.2) is 48.5 Å². The van der Waals surface area contributed by atoms with E-state index in [2.05, 4.69) is 69.2 Å². The third kappa shape index (κ3) is 4.23. The van der Waals surface area contributed by atoms with Gasteiger partial charge in [-0.2, -0.15) is 0 Å². The number of aromatic nitrogens is 1. The zero-order chi connectivity index (χ0) is 16.1. The molecule has 4 nitrogen and oxygen atoms in total. The Labute approximate surface area is 139 Å². The second-order valence-corrected chi connectivity index (χ2v) is 6.22. The predicted molar refractivity (Wildman–Crippen MR) is 97.3 cm³/mol. The molecule has 0 N–H and O–H groups in total. The Morgan fingerprint density at radius 1 is 0.957 bits per heavy atom. The first-order chi connectivity index (χ1) is 11.2. The van der Waals surface area contributed by atoms with Crippen molar-refractivity contribution in [1.29, 1.82) is 0 Å². The van der Waals surface area contributed by atoms with Crippen molar-refractivity contribution in [3.05, 3.63) is 54.2 Å². The van der Waals surface area contributed by atoms with Gasteiger partial charge in [-0.05, 0) is 31.2 Å². The van der Waals surface area contributed by atoms with Gasteiger partial charge in [0.25, 0.3) is 0 Å². The quantitative estimate of drug-likeness (QED) is 0.847. The number of hydrogen-bond donors (Lipinski definition) is 0. The standard InChI is InChI=1S/C19H26N4/c1-17-7-6-10-19(20-17)21(2)11-12-22-13-15-23(16-14-22)18-8-4-3-5-9-18/h3-10H,11-16H2,1-2H3. The van der Waals surface area contributed by atoms with Gasteiger partial charge in [-0.3, -0.25) is 4.90 Å². The fourth-order valence-electron chi connectivity index (χ4n) is 3.02. The van der Waals surface area contributed by atoms with E-state index in [1.165, 1.54) is 5.69 Å². The van der Waals surface area contributed by atoms with E-state index >= 15 is 0 Å². The number of benzene rings is 1. The van der Waals surface area contributed by atoms with Crippen LogP contribution in [0.25, 0.3) is 0 Å². The van der Waals surface area contributed by atoms with E-state index in [9.17, 15) is 0 Å². The molecule has 0 bridgehead atoms. The molecule has 0 unspecified atom stereocenters. The van der Waals surface area contributed by atoms with Crippen molar-refractivity contribution < 1.29 is 0 Å². The molecule has 2 aromatic rings. The summed E-state index contributed by atoms with van der Waals surface area (Å²) in [5.74, 6) is 1.06. The number of aryl methyl sites for hydroxylation is 1. The lowest BCUT2D eigenvalue weighted by Gasteiger charge is -2.36. The van der Waals surface area contributed by atoms with Gasteiger partial charge in [-0.25, -0.2) is 4.98 Å². The summed E-state index contributed by atoms with van der Waals surface area (Å²) >= 11 is 0. The normalized spacial score (nSPS) is 15.7.